The molecule has 0 aromatic rings. The summed E-state index contributed by atoms with van der Waals surface area (Å²) in [6.07, 6.45) is 7.47. The number of halogens is 2. The molecule has 0 unspecified atom stereocenters. The number of rotatable bonds is 4. The normalized spacial score (nSPS) is 17.7. The number of hydrogen-bond donors (Lipinski definition) is 0. The van der Waals surface area contributed by atoms with E-state index in [0.29, 0.717) is 11.8 Å². The van der Waals surface area contributed by atoms with Crippen LogP contribution in [0, 0.1) is 11.8 Å². The summed E-state index contributed by atoms with van der Waals surface area (Å²) >= 11 is -0.516. The first-order chi connectivity index (χ1) is 8.91. The van der Waals surface area contributed by atoms with Gasteiger partial charge < -0.3 is 24.8 Å². The second kappa shape index (κ2) is 8.90. The van der Waals surface area contributed by atoms with Crippen molar-refractivity contribution in [3.8, 4) is 0 Å². The third kappa shape index (κ3) is 4.70. The van der Waals surface area contributed by atoms with Gasteiger partial charge in [0.25, 0.3) is 0 Å². The van der Waals surface area contributed by atoms with Crippen LogP contribution in [-0.2, 0) is 23.2 Å². The molecule has 21 heavy (non-hydrogen) atoms. The Morgan fingerprint density at radius 2 is 1.10 bits per heavy atom. The predicted molar refractivity (Wildman–Crippen MR) is 80.5 cm³/mol. The molecule has 0 aliphatic heterocycles. The Morgan fingerprint density at radius 3 is 1.33 bits per heavy atom. The van der Waals surface area contributed by atoms with Crippen molar-refractivity contribution in [2.45, 2.75) is 54.4 Å². The number of allylic oxidation sites excluding steroid dienone is 8. The number of hydrogen-bond acceptors (Lipinski definition) is 0. The minimum atomic E-state index is -0.516. The summed E-state index contributed by atoms with van der Waals surface area (Å²) in [6, 6.07) is 0. The third-order valence-corrected chi connectivity index (χ3v) is 8.70. The fraction of sp³-hybridized carbons (Fsp3) is 0.556. The van der Waals surface area contributed by atoms with Gasteiger partial charge in [-0.25, -0.2) is 0 Å². The van der Waals surface area contributed by atoms with Crippen LogP contribution in [0.4, 0.5) is 0 Å². The van der Waals surface area contributed by atoms with Crippen LogP contribution in [0.2, 0.25) is 0 Å². The molecule has 116 valence electrons. The van der Waals surface area contributed by atoms with Gasteiger partial charge in [0.05, 0.1) is 0 Å². The predicted octanol–water partition coefficient (Wildman–Crippen LogP) is -0.403. The summed E-state index contributed by atoms with van der Waals surface area (Å²) < 4.78 is 3.64. The maximum Gasteiger partial charge on any atom is -1.00 e. The second-order valence-electron chi connectivity index (χ2n) is 6.37. The minimum absolute atomic E-state index is 0. The summed E-state index contributed by atoms with van der Waals surface area (Å²) in [5.74, 6) is 1.39. The van der Waals surface area contributed by atoms with Gasteiger partial charge >= 0.3 is 130 Å². The van der Waals surface area contributed by atoms with Crippen LogP contribution >= 0.6 is 0 Å². The van der Waals surface area contributed by atoms with Gasteiger partial charge in [-0.1, -0.05) is 0 Å². The van der Waals surface area contributed by atoms with Crippen LogP contribution in [0.1, 0.15) is 54.4 Å². The molecule has 2 aliphatic rings. The van der Waals surface area contributed by atoms with Gasteiger partial charge in [-0.3, -0.25) is 0 Å². The molecule has 0 aromatic heterocycles. The van der Waals surface area contributed by atoms with Gasteiger partial charge in [0.1, 0.15) is 0 Å². The summed E-state index contributed by atoms with van der Waals surface area (Å²) in [7, 11) is 0. The zero-order valence-electron chi connectivity index (χ0n) is 14.0. The van der Waals surface area contributed by atoms with Gasteiger partial charge in [0.15, 0.2) is 0 Å². The van der Waals surface area contributed by atoms with E-state index < -0.39 is 23.2 Å². The van der Waals surface area contributed by atoms with Crippen molar-refractivity contribution in [3.63, 3.8) is 0 Å². The zero-order chi connectivity index (χ0) is 14.2. The molecule has 0 atom stereocenters. The quantitative estimate of drug-likeness (QED) is 0.598. The van der Waals surface area contributed by atoms with E-state index >= 15 is 0 Å². The molecule has 0 amide bonds. The molecule has 0 radical (unpaired) electrons. The van der Waals surface area contributed by atoms with Crippen LogP contribution < -0.4 is 24.8 Å². The Labute approximate surface area is 154 Å². The Bertz CT molecular complexity index is 459. The van der Waals surface area contributed by atoms with Gasteiger partial charge in [-0.05, 0) is 0 Å². The molecule has 0 fully saturated rings. The van der Waals surface area contributed by atoms with Gasteiger partial charge in [0.2, 0.25) is 0 Å². The van der Waals surface area contributed by atoms with Crippen molar-refractivity contribution < 1.29 is 48.0 Å². The van der Waals surface area contributed by atoms with Gasteiger partial charge in [-0.2, -0.15) is 0 Å². The van der Waals surface area contributed by atoms with Crippen molar-refractivity contribution in [1.82, 2.24) is 0 Å². The molecule has 0 N–H and O–H groups in total. The van der Waals surface area contributed by atoms with E-state index in [2.05, 4.69) is 53.7 Å². The molecule has 0 aromatic carbocycles. The molecule has 0 bridgehead atoms. The van der Waals surface area contributed by atoms with Gasteiger partial charge in [0, 0.05) is 0 Å². The molecule has 3 heteroatoms. The Kier molecular flexibility index (Phi) is 9.08. The molecule has 0 spiro atoms. The fourth-order valence-corrected chi connectivity index (χ4v) is 6.72. The van der Waals surface area contributed by atoms with E-state index in [-0.39, 0.29) is 24.8 Å². The second-order valence-corrected chi connectivity index (χ2v) is 9.95. The zero-order valence-corrected chi connectivity index (χ0v) is 17.9. The molecule has 0 saturated carbocycles. The Balaban J connectivity index is 0.00000200. The smallest absolute Gasteiger partial charge is 1.00 e. The summed E-state index contributed by atoms with van der Waals surface area (Å²) in [6.45, 7) is 14.0. The van der Waals surface area contributed by atoms with Crippen LogP contribution in [0.25, 0.3) is 0 Å². The molecular weight excluding hydrogens is 378 g/mol. The minimum Gasteiger partial charge on any atom is -1.00 e. The first-order valence-electron chi connectivity index (χ1n) is 7.49. The average Bonchev–Trinajstić information content (AvgIpc) is 2.85. The van der Waals surface area contributed by atoms with E-state index in [9.17, 15) is 0 Å². The van der Waals surface area contributed by atoms with Crippen molar-refractivity contribution in [2.24, 2.45) is 11.8 Å². The summed E-state index contributed by atoms with van der Waals surface area (Å²) in [4.78, 5) is 0. The van der Waals surface area contributed by atoms with Crippen molar-refractivity contribution >= 4 is 0 Å². The monoisotopic (exact) mass is 402 g/mol. The molecule has 0 nitrogen and oxygen atoms in total. The van der Waals surface area contributed by atoms with E-state index in [1.165, 1.54) is 12.8 Å². The van der Waals surface area contributed by atoms with Gasteiger partial charge in [-0.15, -0.1) is 0 Å². The van der Waals surface area contributed by atoms with E-state index in [1.807, 2.05) is 6.56 Å². The van der Waals surface area contributed by atoms with Crippen LogP contribution in [-0.4, -0.2) is 0 Å². The molecule has 2 rings (SSSR count). The van der Waals surface area contributed by atoms with E-state index in [0.717, 1.165) is 0 Å². The topological polar surface area (TPSA) is 0 Å². The first-order valence-corrected chi connectivity index (χ1v) is 9.95. The first kappa shape index (κ1) is 21.4. The van der Waals surface area contributed by atoms with Crippen LogP contribution in [0.15, 0.2) is 41.0 Å². The summed E-state index contributed by atoms with van der Waals surface area (Å²) in [5.41, 5.74) is 6.51. The maximum atomic E-state index is 2.48. The Hall–Kier alpha value is 0.423. The fourth-order valence-electron chi connectivity index (χ4n) is 3.19. The summed E-state index contributed by atoms with van der Waals surface area (Å²) in [5, 5.41) is 0. The third-order valence-electron chi connectivity index (χ3n) is 4.37. The molecule has 2 aliphatic carbocycles. The average molecular weight is 405 g/mol. The van der Waals surface area contributed by atoms with Crippen molar-refractivity contribution in [1.29, 1.82) is 0 Å². The molecule has 0 saturated heterocycles. The SMILES string of the molecule is CC1=[C]([Zr+2][C]2=C(C)C(C(C)C)=CC2)CC=C1C(C)C.[Cl-].[Cl-]. The van der Waals surface area contributed by atoms with Crippen molar-refractivity contribution in [2.75, 3.05) is 0 Å². The molecular formula is C18H26Cl2Zr. The Morgan fingerprint density at radius 1 is 0.762 bits per heavy atom. The van der Waals surface area contributed by atoms with Crippen molar-refractivity contribution in [3.05, 3.63) is 41.0 Å². The largest absolute Gasteiger partial charge is 1.00 e. The standard InChI is InChI=1S/2C9H13.2ClH.Zr/c2*1-7(2)9-6-4-5-8(9)3;;;/h2*6-7H,4H2,1-3H3;2*1H;/q;;;;+2/p-2. The van der Waals surface area contributed by atoms with E-state index in [4.69, 9.17) is 0 Å². The van der Waals surface area contributed by atoms with Crippen LogP contribution in [0.5, 0.6) is 0 Å². The molecule has 0 heterocycles. The van der Waals surface area contributed by atoms with Crippen LogP contribution in [0.3, 0.4) is 0 Å². The van der Waals surface area contributed by atoms with E-state index in [1.54, 1.807) is 22.3 Å². The maximum absolute atomic E-state index is 2.48.